The van der Waals surface area contributed by atoms with Crippen molar-refractivity contribution in [3.63, 3.8) is 0 Å². The second-order valence-corrected chi connectivity index (χ2v) is 7.80. The Balaban J connectivity index is 1.62. The molecule has 1 heterocycles. The van der Waals surface area contributed by atoms with Crippen molar-refractivity contribution in [3.05, 3.63) is 95.8 Å². The average Bonchev–Trinajstić information content (AvgIpc) is 3.12. The molecule has 0 radical (unpaired) electrons. The van der Waals surface area contributed by atoms with E-state index in [4.69, 9.17) is 4.74 Å². The molecule has 1 fully saturated rings. The topological polar surface area (TPSA) is 66.9 Å². The van der Waals surface area contributed by atoms with Gasteiger partial charge in [0.25, 0.3) is 5.91 Å². The molecule has 1 aliphatic heterocycles. The van der Waals surface area contributed by atoms with Gasteiger partial charge in [-0.15, -0.1) is 0 Å². The molecular weight excluding hydrogens is 423 g/mol. The number of rotatable bonds is 7. The van der Waals surface area contributed by atoms with E-state index < -0.39 is 17.8 Å². The molecule has 3 amide bonds. The predicted molar refractivity (Wildman–Crippen MR) is 121 cm³/mol. The van der Waals surface area contributed by atoms with Gasteiger partial charge in [-0.3, -0.25) is 14.4 Å². The number of benzene rings is 3. The van der Waals surface area contributed by atoms with Gasteiger partial charge in [0.2, 0.25) is 11.8 Å². The van der Waals surface area contributed by atoms with Crippen molar-refractivity contribution in [1.29, 1.82) is 0 Å². The maximum atomic E-state index is 13.4. The fourth-order valence-electron chi connectivity index (χ4n) is 3.89. The molecule has 1 unspecified atom stereocenters. The molecule has 33 heavy (non-hydrogen) atoms. The van der Waals surface area contributed by atoms with Gasteiger partial charge in [-0.1, -0.05) is 42.5 Å². The third-order valence-electron chi connectivity index (χ3n) is 5.61. The van der Waals surface area contributed by atoms with Crippen LogP contribution in [0.15, 0.2) is 78.9 Å². The standard InChI is InChI=1S/C26H23FN2O4/c1-33-22-13-11-21(12-14-22)29-25(31)16-23(26(29)32)28(17-19-7-9-20(27)10-8-19)24(30)15-18-5-3-2-4-6-18/h2-14,23H,15-17H2,1H3. The number of ether oxygens (including phenoxy) is 1. The first-order chi connectivity index (χ1) is 16.0. The van der Waals surface area contributed by atoms with Gasteiger partial charge in [0.1, 0.15) is 17.6 Å². The number of halogens is 1. The quantitative estimate of drug-likeness (QED) is 0.519. The summed E-state index contributed by atoms with van der Waals surface area (Å²) in [5.74, 6) is -0.919. The number of hydrogen-bond acceptors (Lipinski definition) is 4. The molecule has 1 saturated heterocycles. The van der Waals surface area contributed by atoms with E-state index >= 15 is 0 Å². The van der Waals surface area contributed by atoms with Crippen molar-refractivity contribution >= 4 is 23.4 Å². The highest BCUT2D eigenvalue weighted by Crippen LogP contribution is 2.28. The van der Waals surface area contributed by atoms with Crippen LogP contribution in [0.25, 0.3) is 0 Å². The van der Waals surface area contributed by atoms with E-state index in [1.165, 1.54) is 24.1 Å². The monoisotopic (exact) mass is 446 g/mol. The van der Waals surface area contributed by atoms with E-state index in [9.17, 15) is 18.8 Å². The van der Waals surface area contributed by atoms with Crippen LogP contribution in [0, 0.1) is 5.82 Å². The van der Waals surface area contributed by atoms with Crippen LogP contribution < -0.4 is 9.64 Å². The number of hydrogen-bond donors (Lipinski definition) is 0. The summed E-state index contributed by atoms with van der Waals surface area (Å²) in [6.45, 7) is 0.0894. The third kappa shape index (κ3) is 4.92. The van der Waals surface area contributed by atoms with Crippen molar-refractivity contribution in [1.82, 2.24) is 4.90 Å². The normalized spacial score (nSPS) is 15.6. The lowest BCUT2D eigenvalue weighted by Gasteiger charge is -2.28. The summed E-state index contributed by atoms with van der Waals surface area (Å²) in [4.78, 5) is 42.0. The van der Waals surface area contributed by atoms with Crippen molar-refractivity contribution in [2.45, 2.75) is 25.4 Å². The Hall–Kier alpha value is -4.00. The largest absolute Gasteiger partial charge is 0.497 e. The number of methoxy groups -OCH3 is 1. The van der Waals surface area contributed by atoms with E-state index in [1.807, 2.05) is 30.3 Å². The zero-order valence-corrected chi connectivity index (χ0v) is 18.1. The summed E-state index contributed by atoms with van der Waals surface area (Å²) >= 11 is 0. The SMILES string of the molecule is COc1ccc(N2C(=O)CC(N(Cc3ccc(F)cc3)C(=O)Cc3ccccc3)C2=O)cc1. The van der Waals surface area contributed by atoms with Gasteiger partial charge in [-0.25, -0.2) is 9.29 Å². The first kappa shape index (κ1) is 22.2. The molecule has 1 atom stereocenters. The fraction of sp³-hybridized carbons (Fsp3) is 0.192. The lowest BCUT2D eigenvalue weighted by molar-refractivity contribution is -0.138. The maximum absolute atomic E-state index is 13.4. The van der Waals surface area contributed by atoms with Crippen LogP contribution in [0.3, 0.4) is 0 Å². The van der Waals surface area contributed by atoms with Crippen LogP contribution >= 0.6 is 0 Å². The number of amides is 3. The zero-order chi connectivity index (χ0) is 23.4. The molecule has 0 aliphatic carbocycles. The minimum atomic E-state index is -0.944. The van der Waals surface area contributed by atoms with Crippen LogP contribution in [0.1, 0.15) is 17.5 Å². The van der Waals surface area contributed by atoms with Gasteiger partial charge in [-0.2, -0.15) is 0 Å². The Bertz CT molecular complexity index is 1150. The second kappa shape index (κ2) is 9.65. The number of carbonyl (C=O) groups excluding carboxylic acids is 3. The van der Waals surface area contributed by atoms with Crippen molar-refractivity contribution in [3.8, 4) is 5.75 Å². The summed E-state index contributed by atoms with van der Waals surface area (Å²) in [5.41, 5.74) is 1.89. The highest BCUT2D eigenvalue weighted by atomic mass is 19.1. The minimum Gasteiger partial charge on any atom is -0.497 e. The smallest absolute Gasteiger partial charge is 0.257 e. The fourth-order valence-corrected chi connectivity index (χ4v) is 3.89. The second-order valence-electron chi connectivity index (χ2n) is 7.80. The Labute approximate surface area is 191 Å². The summed E-state index contributed by atoms with van der Waals surface area (Å²) in [7, 11) is 1.53. The summed E-state index contributed by atoms with van der Waals surface area (Å²) in [6.07, 6.45) is -0.0326. The summed E-state index contributed by atoms with van der Waals surface area (Å²) in [5, 5.41) is 0. The van der Waals surface area contributed by atoms with E-state index in [0.29, 0.717) is 17.0 Å². The lowest BCUT2D eigenvalue weighted by Crippen LogP contribution is -2.45. The van der Waals surface area contributed by atoms with E-state index in [1.54, 1.807) is 36.4 Å². The van der Waals surface area contributed by atoms with Crippen molar-refractivity contribution < 1.29 is 23.5 Å². The Morgan fingerprint density at radius 3 is 2.27 bits per heavy atom. The average molecular weight is 446 g/mol. The lowest BCUT2D eigenvalue weighted by atomic mass is 10.1. The highest BCUT2D eigenvalue weighted by molar-refractivity contribution is 6.23. The van der Waals surface area contributed by atoms with E-state index in [0.717, 1.165) is 10.5 Å². The van der Waals surface area contributed by atoms with Crippen LogP contribution in [-0.2, 0) is 27.3 Å². The van der Waals surface area contributed by atoms with Crippen molar-refractivity contribution in [2.24, 2.45) is 0 Å². The first-order valence-electron chi connectivity index (χ1n) is 10.5. The van der Waals surface area contributed by atoms with E-state index in [-0.39, 0.29) is 31.2 Å². The van der Waals surface area contributed by atoms with E-state index in [2.05, 4.69) is 0 Å². The van der Waals surface area contributed by atoms with Crippen LogP contribution in [0.5, 0.6) is 5.75 Å². The molecule has 7 heteroatoms. The molecule has 3 aromatic carbocycles. The maximum Gasteiger partial charge on any atom is 0.257 e. The third-order valence-corrected chi connectivity index (χ3v) is 5.61. The summed E-state index contributed by atoms with van der Waals surface area (Å²) < 4.78 is 18.5. The summed E-state index contributed by atoms with van der Waals surface area (Å²) in [6, 6.07) is 20.6. The van der Waals surface area contributed by atoms with Gasteiger partial charge in [0.05, 0.1) is 25.6 Å². The van der Waals surface area contributed by atoms with Crippen LogP contribution in [-0.4, -0.2) is 35.8 Å². The molecule has 0 aromatic heterocycles. The van der Waals surface area contributed by atoms with Crippen molar-refractivity contribution in [2.75, 3.05) is 12.0 Å². The molecule has 0 bridgehead atoms. The van der Waals surface area contributed by atoms with Crippen LogP contribution in [0.4, 0.5) is 10.1 Å². The Morgan fingerprint density at radius 2 is 1.64 bits per heavy atom. The molecule has 1 aliphatic rings. The Morgan fingerprint density at radius 1 is 0.970 bits per heavy atom. The molecule has 4 rings (SSSR count). The predicted octanol–water partition coefficient (Wildman–Crippen LogP) is 3.74. The van der Waals surface area contributed by atoms with Gasteiger partial charge >= 0.3 is 0 Å². The van der Waals surface area contributed by atoms with Gasteiger partial charge < -0.3 is 9.64 Å². The molecule has 3 aromatic rings. The molecular formula is C26H23FN2O4. The minimum absolute atomic E-state index is 0.0859. The van der Waals surface area contributed by atoms with Crippen LogP contribution in [0.2, 0.25) is 0 Å². The number of imide groups is 1. The number of carbonyl (C=O) groups is 3. The molecule has 0 saturated carbocycles. The molecule has 0 N–H and O–H groups in total. The highest BCUT2D eigenvalue weighted by Gasteiger charge is 2.44. The van der Waals surface area contributed by atoms with Gasteiger partial charge in [-0.05, 0) is 47.5 Å². The molecule has 6 nitrogen and oxygen atoms in total. The Kier molecular flexibility index (Phi) is 6.49. The molecule has 168 valence electrons. The van der Waals surface area contributed by atoms with Gasteiger partial charge in [0.15, 0.2) is 0 Å². The molecule has 0 spiro atoms. The number of nitrogens with zero attached hydrogens (tertiary/aromatic N) is 2. The first-order valence-corrected chi connectivity index (χ1v) is 10.5. The van der Waals surface area contributed by atoms with Gasteiger partial charge in [0, 0.05) is 6.54 Å². The number of anilines is 1. The zero-order valence-electron chi connectivity index (χ0n) is 18.1.